The number of ether oxygens (including phenoxy) is 1. The molecule has 1 aliphatic rings. The molecule has 0 spiro atoms. The highest BCUT2D eigenvalue weighted by Crippen LogP contribution is 2.24. The van der Waals surface area contributed by atoms with Gasteiger partial charge in [0.15, 0.2) is 11.5 Å². The van der Waals surface area contributed by atoms with Crippen LogP contribution in [0.5, 0.6) is 5.75 Å². The van der Waals surface area contributed by atoms with Gasteiger partial charge in [0.25, 0.3) is 5.91 Å². The number of carbonyl (C=O) groups is 1. The number of hydrogen-bond donors (Lipinski definition) is 3. The summed E-state index contributed by atoms with van der Waals surface area (Å²) in [6.07, 6.45) is 6.71. The molecule has 1 atom stereocenters. The topological polar surface area (TPSA) is 101 Å². The molecule has 0 saturated heterocycles. The minimum Gasteiger partial charge on any atom is -0.491 e. The first kappa shape index (κ1) is 21.0. The van der Waals surface area contributed by atoms with Gasteiger partial charge in [-0.1, -0.05) is 30.3 Å². The summed E-state index contributed by atoms with van der Waals surface area (Å²) in [5, 5.41) is 16.4. The van der Waals surface area contributed by atoms with Crippen LogP contribution in [0.2, 0.25) is 0 Å². The minimum absolute atomic E-state index is 0.0346. The molecule has 168 valence electrons. The fourth-order valence-corrected chi connectivity index (χ4v) is 3.53. The van der Waals surface area contributed by atoms with E-state index >= 15 is 0 Å². The van der Waals surface area contributed by atoms with Crippen molar-refractivity contribution in [1.82, 2.24) is 19.7 Å². The summed E-state index contributed by atoms with van der Waals surface area (Å²) in [5.74, 6) is 1.25. The number of nitrogens with one attached hydrogen (secondary N) is 2. The van der Waals surface area contributed by atoms with Crippen molar-refractivity contribution in [1.29, 1.82) is 0 Å². The number of hydrogen-bond acceptors (Lipinski definition) is 6. The van der Waals surface area contributed by atoms with Gasteiger partial charge in [-0.2, -0.15) is 0 Å². The van der Waals surface area contributed by atoms with Crippen molar-refractivity contribution in [3.05, 3.63) is 78.8 Å². The number of anilines is 1. The van der Waals surface area contributed by atoms with E-state index in [1.165, 1.54) is 0 Å². The lowest BCUT2D eigenvalue weighted by Gasteiger charge is -2.14. The van der Waals surface area contributed by atoms with Crippen LogP contribution in [-0.2, 0) is 0 Å². The zero-order chi connectivity index (χ0) is 22.6. The fraction of sp³-hybridized carbons (Fsp3) is 0.240. The van der Waals surface area contributed by atoms with E-state index in [-0.39, 0.29) is 19.1 Å². The Morgan fingerprint density at radius 1 is 1.12 bits per heavy atom. The SMILES string of the molecule is O=C(NC1CC1)c1ccc(-c2cnc3c(NCC(O)COc4ccccc4)nccn23)cc1. The van der Waals surface area contributed by atoms with Crippen molar-refractivity contribution in [3.63, 3.8) is 0 Å². The van der Waals surface area contributed by atoms with Gasteiger partial charge in [0.05, 0.1) is 11.9 Å². The number of imidazole rings is 1. The van der Waals surface area contributed by atoms with E-state index in [0.717, 1.165) is 24.1 Å². The van der Waals surface area contributed by atoms with Gasteiger partial charge in [0.2, 0.25) is 0 Å². The highest BCUT2D eigenvalue weighted by Gasteiger charge is 2.23. The van der Waals surface area contributed by atoms with Gasteiger partial charge in [-0.05, 0) is 37.1 Å². The molecule has 3 N–H and O–H groups in total. The first-order chi connectivity index (χ1) is 16.2. The highest BCUT2D eigenvalue weighted by atomic mass is 16.5. The maximum absolute atomic E-state index is 12.2. The number of nitrogens with zero attached hydrogens (tertiary/aromatic N) is 3. The molecule has 0 radical (unpaired) electrons. The summed E-state index contributed by atoms with van der Waals surface area (Å²) in [6, 6.07) is 17.2. The van der Waals surface area contributed by atoms with Crippen LogP contribution in [0.4, 0.5) is 5.82 Å². The number of para-hydroxylation sites is 1. The number of rotatable bonds is 9. The molecule has 1 unspecified atom stereocenters. The van der Waals surface area contributed by atoms with Crippen LogP contribution >= 0.6 is 0 Å². The van der Waals surface area contributed by atoms with E-state index in [2.05, 4.69) is 20.6 Å². The average molecular weight is 444 g/mol. The third kappa shape index (κ3) is 4.96. The Bertz CT molecular complexity index is 1240. The largest absolute Gasteiger partial charge is 0.491 e. The molecule has 1 saturated carbocycles. The third-order valence-corrected chi connectivity index (χ3v) is 5.47. The third-order valence-electron chi connectivity index (χ3n) is 5.47. The molecule has 1 fully saturated rings. The van der Waals surface area contributed by atoms with Crippen molar-refractivity contribution in [3.8, 4) is 17.0 Å². The lowest BCUT2D eigenvalue weighted by Crippen LogP contribution is -2.26. The molecule has 2 aromatic heterocycles. The molecule has 1 amide bonds. The number of aromatic nitrogens is 3. The fourth-order valence-electron chi connectivity index (χ4n) is 3.53. The molecule has 2 heterocycles. The molecule has 0 bridgehead atoms. The van der Waals surface area contributed by atoms with Gasteiger partial charge in [-0.3, -0.25) is 9.20 Å². The number of benzene rings is 2. The smallest absolute Gasteiger partial charge is 0.251 e. The molecule has 1 aliphatic carbocycles. The van der Waals surface area contributed by atoms with Crippen LogP contribution < -0.4 is 15.4 Å². The lowest BCUT2D eigenvalue weighted by atomic mass is 10.1. The summed E-state index contributed by atoms with van der Waals surface area (Å²) < 4.78 is 7.53. The monoisotopic (exact) mass is 443 g/mol. The summed E-state index contributed by atoms with van der Waals surface area (Å²) >= 11 is 0. The predicted molar refractivity (Wildman–Crippen MR) is 125 cm³/mol. The van der Waals surface area contributed by atoms with Crippen LogP contribution in [0.25, 0.3) is 16.9 Å². The lowest BCUT2D eigenvalue weighted by molar-refractivity contribution is 0.0951. The second-order valence-corrected chi connectivity index (χ2v) is 8.10. The molecule has 5 rings (SSSR count). The molecule has 8 nitrogen and oxygen atoms in total. The zero-order valence-electron chi connectivity index (χ0n) is 18.0. The predicted octanol–water partition coefficient (Wildman–Crippen LogP) is 3.14. The van der Waals surface area contributed by atoms with E-state index in [9.17, 15) is 9.90 Å². The van der Waals surface area contributed by atoms with Crippen LogP contribution in [0.1, 0.15) is 23.2 Å². The van der Waals surface area contributed by atoms with Crippen molar-refractivity contribution in [2.24, 2.45) is 0 Å². The van der Waals surface area contributed by atoms with E-state index < -0.39 is 6.10 Å². The highest BCUT2D eigenvalue weighted by molar-refractivity contribution is 5.95. The van der Waals surface area contributed by atoms with E-state index in [1.54, 1.807) is 12.4 Å². The van der Waals surface area contributed by atoms with Gasteiger partial charge in [-0.15, -0.1) is 0 Å². The molecular formula is C25H25N5O3. The molecule has 4 aromatic rings. The number of fused-ring (bicyclic) bond motifs is 1. The standard InChI is InChI=1S/C25H25N5O3/c31-20(16-33-21-4-2-1-3-5-21)14-27-23-24-28-15-22(30(24)13-12-26-23)17-6-8-18(9-7-17)25(32)29-19-10-11-19/h1-9,12-13,15,19-20,31H,10-11,14,16H2,(H,26,27)(H,29,32). The second-order valence-electron chi connectivity index (χ2n) is 8.10. The maximum atomic E-state index is 12.2. The minimum atomic E-state index is -0.712. The van der Waals surface area contributed by atoms with Gasteiger partial charge in [0, 0.05) is 36.1 Å². The van der Waals surface area contributed by atoms with Gasteiger partial charge >= 0.3 is 0 Å². The Balaban J connectivity index is 1.25. The normalized spacial score (nSPS) is 14.1. The van der Waals surface area contributed by atoms with Gasteiger partial charge in [0.1, 0.15) is 18.5 Å². The van der Waals surface area contributed by atoms with Gasteiger partial charge < -0.3 is 20.5 Å². The summed E-state index contributed by atoms with van der Waals surface area (Å²) in [5.41, 5.74) is 3.13. The van der Waals surface area contributed by atoms with Crippen molar-refractivity contribution < 1.29 is 14.6 Å². The molecule has 33 heavy (non-hydrogen) atoms. The Morgan fingerprint density at radius 2 is 1.91 bits per heavy atom. The van der Waals surface area contributed by atoms with E-state index in [0.29, 0.717) is 28.8 Å². The Morgan fingerprint density at radius 3 is 2.67 bits per heavy atom. The zero-order valence-corrected chi connectivity index (χ0v) is 18.0. The maximum Gasteiger partial charge on any atom is 0.251 e. The number of aliphatic hydroxyl groups is 1. The molecule has 2 aromatic carbocycles. The van der Waals surface area contributed by atoms with Gasteiger partial charge in [-0.25, -0.2) is 9.97 Å². The average Bonchev–Trinajstić information content (AvgIpc) is 3.56. The first-order valence-corrected chi connectivity index (χ1v) is 11.0. The molecule has 0 aliphatic heterocycles. The Labute approximate surface area is 191 Å². The van der Waals surface area contributed by atoms with Crippen LogP contribution in [-0.4, -0.2) is 50.7 Å². The number of carbonyl (C=O) groups excluding carboxylic acids is 1. The Kier molecular flexibility index (Phi) is 5.91. The summed E-state index contributed by atoms with van der Waals surface area (Å²) in [7, 11) is 0. The van der Waals surface area contributed by atoms with E-state index in [4.69, 9.17) is 4.74 Å². The summed E-state index contributed by atoms with van der Waals surface area (Å²) in [6.45, 7) is 0.437. The molecular weight excluding hydrogens is 418 g/mol. The summed E-state index contributed by atoms with van der Waals surface area (Å²) in [4.78, 5) is 21.1. The Hall–Kier alpha value is -3.91. The van der Waals surface area contributed by atoms with Crippen LogP contribution in [0, 0.1) is 0 Å². The quantitative estimate of drug-likeness (QED) is 0.367. The van der Waals surface area contributed by atoms with Crippen LogP contribution in [0.3, 0.4) is 0 Å². The molecule has 8 heteroatoms. The second kappa shape index (κ2) is 9.30. The van der Waals surface area contributed by atoms with Crippen molar-refractivity contribution >= 4 is 17.4 Å². The van der Waals surface area contributed by atoms with Crippen molar-refractivity contribution in [2.45, 2.75) is 25.0 Å². The van der Waals surface area contributed by atoms with Crippen LogP contribution in [0.15, 0.2) is 73.2 Å². The van der Waals surface area contributed by atoms with E-state index in [1.807, 2.05) is 65.2 Å². The number of amides is 1. The number of aliphatic hydroxyl groups excluding tert-OH is 1. The first-order valence-electron chi connectivity index (χ1n) is 11.0. The van der Waals surface area contributed by atoms with Crippen molar-refractivity contribution in [2.75, 3.05) is 18.5 Å².